The standard InChI is InChI=1S/C74H130NO8P/c1-6-8-10-12-14-16-18-20-22-24-26-27-28-29-30-31-32-33-34-35-36-37-38-39-40-41-42-43-44-45-46-47-49-50-52-54-56-58-60-62-64-66-73(76)80-70-72(71-82-84(78,79)81-69-68-75(3,4)5)83-74(77)67-65-63-61-59-57-55-53-51-48-25-23-21-19-17-15-13-11-9-7-2/h8-11,14-17,20-23,26-27,48,51,55,57,72H,6-7,12-13,18-19,24-25,28-47,49-50,52-54,56,58-71H2,1-5H3/b10-8-,11-9-,16-14-,17-15-,22-20-,23-21-,27-26-,51-48-,57-55-. The van der Waals surface area contributed by atoms with E-state index in [1.165, 1.54) is 167 Å². The number of likely N-dealkylation sites (N-methyl/N-ethyl adjacent to an activating group) is 1. The Morgan fingerprint density at radius 1 is 0.369 bits per heavy atom. The van der Waals surface area contributed by atoms with Crippen LogP contribution in [-0.4, -0.2) is 70.0 Å². The molecule has 0 aromatic carbocycles. The molecule has 0 N–H and O–H groups in total. The lowest BCUT2D eigenvalue weighted by Gasteiger charge is -2.28. The Morgan fingerprint density at radius 2 is 0.643 bits per heavy atom. The van der Waals surface area contributed by atoms with Gasteiger partial charge in [0.15, 0.2) is 6.10 Å². The van der Waals surface area contributed by atoms with Crippen molar-refractivity contribution in [2.45, 2.75) is 302 Å². The minimum Gasteiger partial charge on any atom is -0.756 e. The first-order valence-corrected chi connectivity index (χ1v) is 36.1. The molecule has 0 aromatic rings. The number of esters is 2. The van der Waals surface area contributed by atoms with E-state index in [1.54, 1.807) is 0 Å². The molecule has 0 bridgehead atoms. The zero-order valence-electron chi connectivity index (χ0n) is 55.1. The van der Waals surface area contributed by atoms with Crippen molar-refractivity contribution in [3.8, 4) is 0 Å². The van der Waals surface area contributed by atoms with Gasteiger partial charge in [-0.3, -0.25) is 14.2 Å². The van der Waals surface area contributed by atoms with Crippen LogP contribution in [0.1, 0.15) is 296 Å². The predicted octanol–water partition coefficient (Wildman–Crippen LogP) is 21.9. The summed E-state index contributed by atoms with van der Waals surface area (Å²) in [5, 5.41) is 0. The smallest absolute Gasteiger partial charge is 0.306 e. The molecule has 9 nitrogen and oxygen atoms in total. The van der Waals surface area contributed by atoms with Crippen LogP contribution in [-0.2, 0) is 32.7 Å². The van der Waals surface area contributed by atoms with Crippen LogP contribution in [0.15, 0.2) is 109 Å². The number of phosphoric acid groups is 1. The quantitative estimate of drug-likeness (QED) is 0.0195. The van der Waals surface area contributed by atoms with E-state index in [2.05, 4.69) is 123 Å². The maximum Gasteiger partial charge on any atom is 0.306 e. The normalized spacial score (nSPS) is 13.8. The third-order valence-corrected chi connectivity index (χ3v) is 15.8. The van der Waals surface area contributed by atoms with Gasteiger partial charge in [-0.05, 0) is 96.3 Å². The van der Waals surface area contributed by atoms with E-state index in [4.69, 9.17) is 18.5 Å². The summed E-state index contributed by atoms with van der Waals surface area (Å²) in [5.74, 6) is -0.866. The number of hydrogen-bond donors (Lipinski definition) is 0. The van der Waals surface area contributed by atoms with Gasteiger partial charge in [0.25, 0.3) is 7.82 Å². The van der Waals surface area contributed by atoms with E-state index in [0.717, 1.165) is 96.3 Å². The van der Waals surface area contributed by atoms with Crippen LogP contribution < -0.4 is 4.89 Å². The number of quaternary nitrogens is 1. The van der Waals surface area contributed by atoms with Gasteiger partial charge >= 0.3 is 11.9 Å². The fourth-order valence-corrected chi connectivity index (χ4v) is 10.3. The summed E-state index contributed by atoms with van der Waals surface area (Å²) in [4.78, 5) is 38.0. The molecule has 0 spiro atoms. The van der Waals surface area contributed by atoms with E-state index < -0.39 is 26.5 Å². The van der Waals surface area contributed by atoms with Crippen molar-refractivity contribution in [1.29, 1.82) is 0 Å². The number of allylic oxidation sites excluding steroid dienone is 18. The first kappa shape index (κ1) is 80.7. The Bertz CT molecular complexity index is 1790. The maximum absolute atomic E-state index is 12.8. The number of carbonyl (C=O) groups excluding carboxylic acids is 2. The Kier molecular flexibility index (Phi) is 61.6. The number of ether oxygens (including phenoxy) is 2. The molecule has 0 aliphatic heterocycles. The minimum absolute atomic E-state index is 0.0405. The van der Waals surface area contributed by atoms with E-state index in [1.807, 2.05) is 21.1 Å². The van der Waals surface area contributed by atoms with Gasteiger partial charge in [-0.15, -0.1) is 0 Å². The molecule has 84 heavy (non-hydrogen) atoms. The molecule has 0 radical (unpaired) electrons. The average Bonchev–Trinajstić information content (AvgIpc) is 3.61. The van der Waals surface area contributed by atoms with Crippen LogP contribution in [0.25, 0.3) is 0 Å². The highest BCUT2D eigenvalue weighted by atomic mass is 31.2. The number of nitrogens with zero attached hydrogens (tertiary/aromatic N) is 1. The highest BCUT2D eigenvalue weighted by Gasteiger charge is 2.22. The summed E-state index contributed by atoms with van der Waals surface area (Å²) < 4.78 is 34.2. The van der Waals surface area contributed by atoms with Gasteiger partial charge in [-0.2, -0.15) is 0 Å². The van der Waals surface area contributed by atoms with Crippen LogP contribution in [0.3, 0.4) is 0 Å². The molecule has 0 aliphatic rings. The molecule has 0 aliphatic carbocycles. The zero-order chi connectivity index (χ0) is 61.2. The number of phosphoric ester groups is 1. The lowest BCUT2D eigenvalue weighted by Crippen LogP contribution is -2.37. The van der Waals surface area contributed by atoms with Crippen molar-refractivity contribution in [3.63, 3.8) is 0 Å². The molecule has 0 saturated heterocycles. The van der Waals surface area contributed by atoms with E-state index in [9.17, 15) is 19.0 Å². The van der Waals surface area contributed by atoms with Gasteiger partial charge in [0, 0.05) is 12.8 Å². The molecule has 0 saturated carbocycles. The molecule has 484 valence electrons. The molecular formula is C74H130NO8P. The van der Waals surface area contributed by atoms with Crippen LogP contribution in [0.2, 0.25) is 0 Å². The van der Waals surface area contributed by atoms with Crippen molar-refractivity contribution in [2.75, 3.05) is 47.5 Å². The molecule has 0 amide bonds. The molecule has 0 aromatic heterocycles. The highest BCUT2D eigenvalue weighted by molar-refractivity contribution is 7.45. The SMILES string of the molecule is CC/C=C\C/C=C\C/C=C\C/C=C\C/C=C\CCCCCC(=O)OC(COC(=O)CCCCCCCCCCCCCCCCCCCCCCCCCCCCCC/C=C\C/C=C\C/C=C\C/C=C\CC)COP(=O)([O-])OCC[N+](C)(C)C. The van der Waals surface area contributed by atoms with Gasteiger partial charge in [-0.1, -0.05) is 297 Å². The van der Waals surface area contributed by atoms with Crippen LogP contribution in [0, 0.1) is 0 Å². The van der Waals surface area contributed by atoms with Crippen molar-refractivity contribution in [2.24, 2.45) is 0 Å². The van der Waals surface area contributed by atoms with E-state index in [-0.39, 0.29) is 32.0 Å². The number of unbranched alkanes of at least 4 members (excludes halogenated alkanes) is 31. The average molecular weight is 1190 g/mol. The lowest BCUT2D eigenvalue weighted by atomic mass is 10.0. The summed E-state index contributed by atoms with van der Waals surface area (Å²) >= 11 is 0. The van der Waals surface area contributed by atoms with Gasteiger partial charge < -0.3 is 27.9 Å². The fraction of sp³-hybridized carbons (Fsp3) is 0.730. The molecule has 10 heteroatoms. The van der Waals surface area contributed by atoms with Gasteiger partial charge in [0.2, 0.25) is 0 Å². The second-order valence-corrected chi connectivity index (χ2v) is 25.5. The Morgan fingerprint density at radius 3 is 0.964 bits per heavy atom. The van der Waals surface area contributed by atoms with Gasteiger partial charge in [-0.25, -0.2) is 0 Å². The third kappa shape index (κ3) is 67.8. The molecule has 2 unspecified atom stereocenters. The monoisotopic (exact) mass is 1190 g/mol. The zero-order valence-corrected chi connectivity index (χ0v) is 56.0. The third-order valence-electron chi connectivity index (χ3n) is 14.8. The van der Waals surface area contributed by atoms with Crippen LogP contribution >= 0.6 is 7.82 Å². The predicted molar refractivity (Wildman–Crippen MR) is 360 cm³/mol. The lowest BCUT2D eigenvalue weighted by molar-refractivity contribution is -0.870. The van der Waals surface area contributed by atoms with Crippen molar-refractivity contribution in [3.05, 3.63) is 109 Å². The molecular weight excluding hydrogens is 1060 g/mol. The summed E-state index contributed by atoms with van der Waals surface area (Å²) in [6, 6.07) is 0. The second-order valence-electron chi connectivity index (χ2n) is 24.1. The Balaban J connectivity index is 3.92. The first-order chi connectivity index (χ1) is 41.0. The minimum atomic E-state index is -4.65. The Hall–Kier alpha value is -3.33. The van der Waals surface area contributed by atoms with Gasteiger partial charge in [0.05, 0.1) is 27.7 Å². The van der Waals surface area contributed by atoms with Crippen LogP contribution in [0.4, 0.5) is 0 Å². The van der Waals surface area contributed by atoms with Gasteiger partial charge in [0.1, 0.15) is 19.8 Å². The number of rotatable bonds is 63. The molecule has 0 fully saturated rings. The second kappa shape index (κ2) is 64.2. The maximum atomic E-state index is 12.8. The largest absolute Gasteiger partial charge is 0.756 e. The molecule has 0 heterocycles. The van der Waals surface area contributed by atoms with Crippen LogP contribution in [0.5, 0.6) is 0 Å². The Labute approximate surface area is 518 Å². The van der Waals surface area contributed by atoms with E-state index >= 15 is 0 Å². The number of carbonyl (C=O) groups is 2. The summed E-state index contributed by atoms with van der Waals surface area (Å²) in [5.41, 5.74) is 0. The van der Waals surface area contributed by atoms with E-state index in [0.29, 0.717) is 17.4 Å². The van der Waals surface area contributed by atoms with Crippen molar-refractivity contribution in [1.82, 2.24) is 0 Å². The topological polar surface area (TPSA) is 111 Å². The fourth-order valence-electron chi connectivity index (χ4n) is 9.56. The summed E-state index contributed by atoms with van der Waals surface area (Å²) in [6.45, 7) is 3.99. The first-order valence-electron chi connectivity index (χ1n) is 34.6. The van der Waals surface area contributed by atoms with Crippen molar-refractivity contribution < 1.29 is 42.1 Å². The summed E-state index contributed by atoms with van der Waals surface area (Å²) in [6.07, 6.45) is 90.6. The summed E-state index contributed by atoms with van der Waals surface area (Å²) in [7, 11) is 1.14. The highest BCUT2D eigenvalue weighted by Crippen LogP contribution is 2.38. The molecule has 0 rings (SSSR count). The van der Waals surface area contributed by atoms with Crippen molar-refractivity contribution >= 4 is 19.8 Å². The number of hydrogen-bond acceptors (Lipinski definition) is 8. The molecule has 2 atom stereocenters.